The highest BCUT2D eigenvalue weighted by Gasteiger charge is 2.01. The van der Waals surface area contributed by atoms with Gasteiger partial charge in [0.05, 0.1) is 0 Å². The lowest BCUT2D eigenvalue weighted by atomic mass is 10.1. The van der Waals surface area contributed by atoms with Crippen LogP contribution >= 0.6 is 0 Å². The zero-order valence-electron chi connectivity index (χ0n) is 6.28. The summed E-state index contributed by atoms with van der Waals surface area (Å²) in [7, 11) is 1.93. The van der Waals surface area contributed by atoms with E-state index in [1.807, 2.05) is 20.0 Å². The van der Waals surface area contributed by atoms with Gasteiger partial charge < -0.3 is 5.32 Å². The SMILES string of the molecule is C=CCC(NC)C(=C)C. The van der Waals surface area contributed by atoms with Crippen LogP contribution in [0.15, 0.2) is 24.8 Å². The van der Waals surface area contributed by atoms with Crippen molar-refractivity contribution in [1.29, 1.82) is 0 Å². The van der Waals surface area contributed by atoms with E-state index >= 15 is 0 Å². The molecular formula is C8H15N. The van der Waals surface area contributed by atoms with Gasteiger partial charge in [0.15, 0.2) is 0 Å². The van der Waals surface area contributed by atoms with Crippen LogP contribution in [0.2, 0.25) is 0 Å². The molecule has 1 unspecified atom stereocenters. The minimum Gasteiger partial charge on any atom is -0.313 e. The minimum atomic E-state index is 0.405. The minimum absolute atomic E-state index is 0.405. The fourth-order valence-electron chi connectivity index (χ4n) is 0.732. The summed E-state index contributed by atoms with van der Waals surface area (Å²) in [4.78, 5) is 0. The molecule has 52 valence electrons. The molecule has 1 heteroatoms. The van der Waals surface area contributed by atoms with Crippen molar-refractivity contribution in [1.82, 2.24) is 5.32 Å². The Hall–Kier alpha value is -0.560. The monoisotopic (exact) mass is 125 g/mol. The van der Waals surface area contributed by atoms with Crippen LogP contribution in [0.3, 0.4) is 0 Å². The van der Waals surface area contributed by atoms with Gasteiger partial charge in [-0.3, -0.25) is 0 Å². The molecule has 0 aromatic heterocycles. The van der Waals surface area contributed by atoms with Crippen molar-refractivity contribution >= 4 is 0 Å². The molecule has 1 N–H and O–H groups in total. The van der Waals surface area contributed by atoms with Crippen molar-refractivity contribution in [2.45, 2.75) is 19.4 Å². The Kier molecular flexibility index (Phi) is 4.06. The van der Waals surface area contributed by atoms with Crippen LogP contribution in [0.25, 0.3) is 0 Å². The third-order valence-electron chi connectivity index (χ3n) is 1.35. The van der Waals surface area contributed by atoms with E-state index in [1.165, 1.54) is 0 Å². The summed E-state index contributed by atoms with van der Waals surface area (Å²) in [5.41, 5.74) is 1.16. The first-order valence-corrected chi connectivity index (χ1v) is 3.16. The molecule has 1 nitrogen and oxygen atoms in total. The number of nitrogens with one attached hydrogen (secondary N) is 1. The molecule has 0 spiro atoms. The van der Waals surface area contributed by atoms with Gasteiger partial charge in [-0.2, -0.15) is 0 Å². The molecule has 0 saturated carbocycles. The molecule has 0 heterocycles. The molecule has 0 fully saturated rings. The second-order valence-electron chi connectivity index (χ2n) is 2.21. The zero-order valence-corrected chi connectivity index (χ0v) is 6.28. The van der Waals surface area contributed by atoms with Gasteiger partial charge >= 0.3 is 0 Å². The van der Waals surface area contributed by atoms with Crippen LogP contribution in [0.4, 0.5) is 0 Å². The maximum Gasteiger partial charge on any atom is 0.0305 e. The van der Waals surface area contributed by atoms with Crippen molar-refractivity contribution in [3.8, 4) is 0 Å². The third-order valence-corrected chi connectivity index (χ3v) is 1.35. The largest absolute Gasteiger partial charge is 0.313 e. The van der Waals surface area contributed by atoms with Crippen LogP contribution in [0.5, 0.6) is 0 Å². The zero-order chi connectivity index (χ0) is 7.28. The summed E-state index contributed by atoms with van der Waals surface area (Å²) in [5, 5.41) is 3.13. The van der Waals surface area contributed by atoms with Gasteiger partial charge in [-0.15, -0.1) is 6.58 Å². The highest BCUT2D eigenvalue weighted by Crippen LogP contribution is 2.01. The summed E-state index contributed by atoms with van der Waals surface area (Å²) >= 11 is 0. The molecule has 0 rings (SSSR count). The fraction of sp³-hybridized carbons (Fsp3) is 0.500. The molecule has 0 aliphatic heterocycles. The third kappa shape index (κ3) is 3.09. The van der Waals surface area contributed by atoms with Gasteiger partial charge in [0.2, 0.25) is 0 Å². The average molecular weight is 125 g/mol. The van der Waals surface area contributed by atoms with Crippen molar-refractivity contribution in [2.24, 2.45) is 0 Å². The molecule has 0 aliphatic rings. The van der Waals surface area contributed by atoms with Gasteiger partial charge in [-0.05, 0) is 20.4 Å². The topological polar surface area (TPSA) is 12.0 Å². The molecule has 0 aliphatic carbocycles. The lowest BCUT2D eigenvalue weighted by Crippen LogP contribution is -2.24. The summed E-state index contributed by atoms with van der Waals surface area (Å²) in [6.07, 6.45) is 2.86. The van der Waals surface area contributed by atoms with E-state index in [-0.39, 0.29) is 0 Å². The normalized spacial score (nSPS) is 12.7. The predicted molar refractivity (Wildman–Crippen MR) is 42.5 cm³/mol. The van der Waals surface area contributed by atoms with Crippen LogP contribution in [-0.4, -0.2) is 13.1 Å². The van der Waals surface area contributed by atoms with E-state index < -0.39 is 0 Å². The lowest BCUT2D eigenvalue weighted by molar-refractivity contribution is 0.646. The van der Waals surface area contributed by atoms with E-state index in [0.29, 0.717) is 6.04 Å². The first-order valence-electron chi connectivity index (χ1n) is 3.16. The highest BCUT2D eigenvalue weighted by molar-refractivity contribution is 5.03. The Morgan fingerprint density at radius 2 is 2.33 bits per heavy atom. The molecular weight excluding hydrogens is 110 g/mol. The van der Waals surface area contributed by atoms with Gasteiger partial charge in [-0.25, -0.2) is 0 Å². The van der Waals surface area contributed by atoms with Crippen molar-refractivity contribution in [3.05, 3.63) is 24.8 Å². The summed E-state index contributed by atoms with van der Waals surface area (Å²) in [6.45, 7) is 9.50. The van der Waals surface area contributed by atoms with E-state index in [2.05, 4.69) is 18.5 Å². The number of rotatable bonds is 4. The summed E-state index contributed by atoms with van der Waals surface area (Å²) < 4.78 is 0. The summed E-state index contributed by atoms with van der Waals surface area (Å²) in [5.74, 6) is 0. The Bertz CT molecular complexity index is 105. The maximum atomic E-state index is 3.83. The van der Waals surface area contributed by atoms with Crippen molar-refractivity contribution < 1.29 is 0 Å². The van der Waals surface area contributed by atoms with E-state index in [0.717, 1.165) is 12.0 Å². The molecule has 0 bridgehead atoms. The molecule has 9 heavy (non-hydrogen) atoms. The second kappa shape index (κ2) is 4.33. The van der Waals surface area contributed by atoms with Crippen molar-refractivity contribution in [2.75, 3.05) is 7.05 Å². The molecule has 0 aromatic carbocycles. The van der Waals surface area contributed by atoms with Crippen LogP contribution in [-0.2, 0) is 0 Å². The number of hydrogen-bond acceptors (Lipinski definition) is 1. The molecule has 0 aromatic rings. The Morgan fingerprint density at radius 3 is 2.44 bits per heavy atom. The fourth-order valence-corrected chi connectivity index (χ4v) is 0.732. The smallest absolute Gasteiger partial charge is 0.0305 e. The first-order chi connectivity index (χ1) is 4.22. The van der Waals surface area contributed by atoms with Crippen LogP contribution in [0.1, 0.15) is 13.3 Å². The predicted octanol–water partition coefficient (Wildman–Crippen LogP) is 1.73. The Labute approximate surface area is 57.5 Å². The van der Waals surface area contributed by atoms with Crippen molar-refractivity contribution in [3.63, 3.8) is 0 Å². The lowest BCUT2D eigenvalue weighted by Gasteiger charge is -2.12. The Morgan fingerprint density at radius 1 is 1.78 bits per heavy atom. The number of likely N-dealkylation sites (N-methyl/N-ethyl adjacent to an activating group) is 1. The standard InChI is InChI=1S/C8H15N/c1-5-6-8(9-4)7(2)3/h5,8-9H,1-2,6H2,3-4H3. The van der Waals surface area contributed by atoms with E-state index in [1.54, 1.807) is 0 Å². The second-order valence-corrected chi connectivity index (χ2v) is 2.21. The van der Waals surface area contributed by atoms with Gasteiger partial charge in [-0.1, -0.05) is 18.2 Å². The van der Waals surface area contributed by atoms with E-state index in [4.69, 9.17) is 0 Å². The summed E-state index contributed by atoms with van der Waals surface area (Å²) in [6, 6.07) is 0.405. The highest BCUT2D eigenvalue weighted by atomic mass is 14.9. The van der Waals surface area contributed by atoms with E-state index in [9.17, 15) is 0 Å². The molecule has 1 atom stereocenters. The molecule has 0 amide bonds. The average Bonchev–Trinajstić information content (AvgIpc) is 1.82. The van der Waals surface area contributed by atoms with Gasteiger partial charge in [0.25, 0.3) is 0 Å². The first kappa shape index (κ1) is 8.44. The number of hydrogen-bond donors (Lipinski definition) is 1. The van der Waals surface area contributed by atoms with Gasteiger partial charge in [0, 0.05) is 6.04 Å². The molecule has 0 saturated heterocycles. The van der Waals surface area contributed by atoms with Crippen LogP contribution in [0, 0.1) is 0 Å². The Balaban J connectivity index is 3.67. The van der Waals surface area contributed by atoms with Gasteiger partial charge in [0.1, 0.15) is 0 Å². The molecule has 0 radical (unpaired) electrons. The maximum absolute atomic E-state index is 3.83. The van der Waals surface area contributed by atoms with Crippen LogP contribution < -0.4 is 5.32 Å². The quantitative estimate of drug-likeness (QED) is 0.564.